The molecule has 0 radical (unpaired) electrons. The summed E-state index contributed by atoms with van der Waals surface area (Å²) in [7, 11) is 3.96. The van der Waals surface area contributed by atoms with Gasteiger partial charge in [-0.1, -0.05) is 18.2 Å². The predicted octanol–water partition coefficient (Wildman–Crippen LogP) is 3.59. The number of nitrogens with one attached hydrogen (secondary N) is 2. The highest BCUT2D eigenvalue weighted by atomic mass is 16.5. The molecule has 1 unspecified atom stereocenters. The standard InChI is InChI=1S/C30H40N6O3/c1-22(2)39-28-13-6-5-12-27(28)36-17-15-35(16-18-36)21-25(37)20-32-30(38)26-11-8-14-31-29(26)33-23-9-7-10-24(19-23)34(3)4/h5-14,19,22,25,37H,15-18,20-21H2,1-4H3,(H,31,33)(H,32,38). The van der Waals surface area contributed by atoms with Crippen LogP contribution in [0.1, 0.15) is 24.2 Å². The number of amides is 1. The topological polar surface area (TPSA) is 93.2 Å². The zero-order valence-electron chi connectivity index (χ0n) is 23.3. The number of hydrogen-bond donors (Lipinski definition) is 3. The van der Waals surface area contributed by atoms with Gasteiger partial charge in [0.25, 0.3) is 5.91 Å². The van der Waals surface area contributed by atoms with Crippen molar-refractivity contribution in [3.05, 3.63) is 72.4 Å². The average Bonchev–Trinajstić information content (AvgIpc) is 2.93. The number of piperazine rings is 1. The number of rotatable bonds is 11. The number of anilines is 4. The van der Waals surface area contributed by atoms with Gasteiger partial charge in [0.2, 0.25) is 0 Å². The van der Waals surface area contributed by atoms with E-state index < -0.39 is 6.10 Å². The second-order valence-corrected chi connectivity index (χ2v) is 10.3. The third kappa shape index (κ3) is 7.84. The molecule has 1 aliphatic rings. The number of pyridine rings is 1. The van der Waals surface area contributed by atoms with Crippen molar-refractivity contribution in [3.8, 4) is 5.75 Å². The summed E-state index contributed by atoms with van der Waals surface area (Å²) in [6.07, 6.45) is 1.09. The summed E-state index contributed by atoms with van der Waals surface area (Å²) in [5, 5.41) is 16.8. The monoisotopic (exact) mass is 532 g/mol. The predicted molar refractivity (Wildman–Crippen MR) is 157 cm³/mol. The number of aliphatic hydroxyl groups is 1. The lowest BCUT2D eigenvalue weighted by Gasteiger charge is -2.37. The number of carbonyl (C=O) groups is 1. The number of nitrogens with zero attached hydrogens (tertiary/aromatic N) is 4. The van der Waals surface area contributed by atoms with E-state index in [1.165, 1.54) is 0 Å². The molecule has 4 rings (SSSR count). The fourth-order valence-electron chi connectivity index (χ4n) is 4.60. The highest BCUT2D eigenvalue weighted by Crippen LogP contribution is 2.29. The Bertz CT molecular complexity index is 1230. The Balaban J connectivity index is 1.27. The van der Waals surface area contributed by atoms with Gasteiger partial charge in [-0.2, -0.15) is 0 Å². The smallest absolute Gasteiger partial charge is 0.255 e. The van der Waals surface area contributed by atoms with E-state index in [1.807, 2.05) is 75.3 Å². The molecule has 0 bridgehead atoms. The zero-order chi connectivity index (χ0) is 27.8. The van der Waals surface area contributed by atoms with E-state index in [-0.39, 0.29) is 18.6 Å². The first kappa shape index (κ1) is 28.2. The number of β-amino-alcohol motifs (C(OH)–C–C–N with tert-alkyl or cyclic N) is 1. The van der Waals surface area contributed by atoms with E-state index in [1.54, 1.807) is 18.3 Å². The van der Waals surface area contributed by atoms with E-state index in [0.29, 0.717) is 17.9 Å². The molecular weight excluding hydrogens is 492 g/mol. The van der Waals surface area contributed by atoms with Crippen molar-refractivity contribution in [2.45, 2.75) is 26.1 Å². The molecule has 3 N–H and O–H groups in total. The summed E-state index contributed by atoms with van der Waals surface area (Å²) in [6, 6.07) is 19.5. The van der Waals surface area contributed by atoms with E-state index in [4.69, 9.17) is 4.74 Å². The summed E-state index contributed by atoms with van der Waals surface area (Å²) in [6.45, 7) is 8.06. The second kappa shape index (κ2) is 13.3. The van der Waals surface area contributed by atoms with Gasteiger partial charge in [0.1, 0.15) is 11.6 Å². The molecule has 0 aliphatic carbocycles. The van der Waals surface area contributed by atoms with Gasteiger partial charge >= 0.3 is 0 Å². The normalized spacial score (nSPS) is 14.7. The van der Waals surface area contributed by atoms with Crippen LogP contribution in [0, 0.1) is 0 Å². The minimum absolute atomic E-state index is 0.116. The molecule has 2 aromatic carbocycles. The van der Waals surface area contributed by atoms with Crippen molar-refractivity contribution >= 4 is 28.8 Å². The maximum absolute atomic E-state index is 13.0. The Morgan fingerprint density at radius 2 is 1.82 bits per heavy atom. The third-order valence-corrected chi connectivity index (χ3v) is 6.59. The molecule has 9 nitrogen and oxygen atoms in total. The number of carbonyl (C=O) groups excluding carboxylic acids is 1. The fourth-order valence-corrected chi connectivity index (χ4v) is 4.60. The van der Waals surface area contributed by atoms with Gasteiger partial charge in [-0.3, -0.25) is 9.69 Å². The molecule has 208 valence electrons. The number of para-hydroxylation sites is 2. The zero-order valence-corrected chi connectivity index (χ0v) is 23.3. The lowest BCUT2D eigenvalue weighted by Crippen LogP contribution is -2.50. The first-order valence-corrected chi connectivity index (χ1v) is 13.5. The molecule has 0 spiro atoms. The van der Waals surface area contributed by atoms with Gasteiger partial charge in [0, 0.05) is 70.9 Å². The molecule has 1 aromatic heterocycles. The fraction of sp³-hybridized carbons (Fsp3) is 0.400. The largest absolute Gasteiger partial charge is 0.489 e. The van der Waals surface area contributed by atoms with Gasteiger partial charge in [0.15, 0.2) is 0 Å². The second-order valence-electron chi connectivity index (χ2n) is 10.3. The molecule has 2 heterocycles. The first-order valence-electron chi connectivity index (χ1n) is 13.5. The van der Waals surface area contributed by atoms with E-state index >= 15 is 0 Å². The molecular formula is C30H40N6O3. The third-order valence-electron chi connectivity index (χ3n) is 6.59. The van der Waals surface area contributed by atoms with Crippen LogP contribution in [-0.4, -0.2) is 86.5 Å². The van der Waals surface area contributed by atoms with Crippen LogP contribution in [0.15, 0.2) is 66.9 Å². The maximum atomic E-state index is 13.0. The van der Waals surface area contributed by atoms with E-state index in [2.05, 4.69) is 31.5 Å². The van der Waals surface area contributed by atoms with E-state index in [0.717, 1.165) is 49.0 Å². The van der Waals surface area contributed by atoms with Crippen LogP contribution >= 0.6 is 0 Å². The lowest BCUT2D eigenvalue weighted by molar-refractivity contribution is 0.0852. The van der Waals surface area contributed by atoms with E-state index in [9.17, 15) is 9.90 Å². The number of ether oxygens (including phenoxy) is 1. The quantitative estimate of drug-likeness (QED) is 0.345. The summed E-state index contributed by atoms with van der Waals surface area (Å²) in [5.41, 5.74) is 3.41. The van der Waals surface area contributed by atoms with Crippen LogP contribution < -0.4 is 25.2 Å². The van der Waals surface area contributed by atoms with Crippen LogP contribution in [-0.2, 0) is 0 Å². The summed E-state index contributed by atoms with van der Waals surface area (Å²) >= 11 is 0. The Labute approximate surface area is 231 Å². The van der Waals surface area contributed by atoms with Gasteiger partial charge in [-0.15, -0.1) is 0 Å². The van der Waals surface area contributed by atoms with Crippen LogP contribution in [0.25, 0.3) is 0 Å². The molecule has 39 heavy (non-hydrogen) atoms. The van der Waals surface area contributed by atoms with Gasteiger partial charge in [0.05, 0.1) is 23.5 Å². The molecule has 1 atom stereocenters. The number of aliphatic hydroxyl groups excluding tert-OH is 1. The van der Waals surface area contributed by atoms with Crippen molar-refractivity contribution in [2.24, 2.45) is 0 Å². The Hall–Kier alpha value is -3.82. The van der Waals surface area contributed by atoms with Gasteiger partial charge in [-0.05, 0) is 56.3 Å². The SMILES string of the molecule is CC(C)Oc1ccccc1N1CCN(CC(O)CNC(=O)c2cccnc2Nc2cccc(N(C)C)c2)CC1. The summed E-state index contributed by atoms with van der Waals surface area (Å²) in [4.78, 5) is 23.9. The molecule has 1 fully saturated rings. The number of aromatic nitrogens is 1. The molecule has 3 aromatic rings. The maximum Gasteiger partial charge on any atom is 0.255 e. The minimum atomic E-state index is -0.679. The summed E-state index contributed by atoms with van der Waals surface area (Å²) in [5.74, 6) is 1.09. The van der Waals surface area contributed by atoms with Crippen molar-refractivity contribution in [1.29, 1.82) is 0 Å². The lowest BCUT2D eigenvalue weighted by atomic mass is 10.2. The number of hydrogen-bond acceptors (Lipinski definition) is 8. The number of benzene rings is 2. The molecule has 0 saturated carbocycles. The molecule has 1 amide bonds. The van der Waals surface area contributed by atoms with Crippen LogP contribution in [0.2, 0.25) is 0 Å². The summed E-state index contributed by atoms with van der Waals surface area (Å²) < 4.78 is 5.99. The first-order chi connectivity index (χ1) is 18.8. The van der Waals surface area contributed by atoms with Crippen LogP contribution in [0.4, 0.5) is 22.9 Å². The highest BCUT2D eigenvalue weighted by molar-refractivity contribution is 5.99. The Morgan fingerprint density at radius 3 is 2.56 bits per heavy atom. The Kier molecular flexibility index (Phi) is 9.62. The molecule has 9 heteroatoms. The van der Waals surface area contributed by atoms with Crippen molar-refractivity contribution in [3.63, 3.8) is 0 Å². The highest BCUT2D eigenvalue weighted by Gasteiger charge is 2.22. The van der Waals surface area contributed by atoms with Crippen LogP contribution in [0.5, 0.6) is 5.75 Å². The van der Waals surface area contributed by atoms with Crippen LogP contribution in [0.3, 0.4) is 0 Å². The average molecular weight is 533 g/mol. The minimum Gasteiger partial charge on any atom is -0.489 e. The van der Waals surface area contributed by atoms with Crippen molar-refractivity contribution in [2.75, 3.05) is 68.5 Å². The van der Waals surface area contributed by atoms with Gasteiger partial charge in [-0.25, -0.2) is 4.98 Å². The Morgan fingerprint density at radius 1 is 1.05 bits per heavy atom. The van der Waals surface area contributed by atoms with Gasteiger partial charge < -0.3 is 30.3 Å². The molecule has 1 aliphatic heterocycles. The van der Waals surface area contributed by atoms with Crippen molar-refractivity contribution < 1.29 is 14.6 Å². The molecule has 1 saturated heterocycles. The van der Waals surface area contributed by atoms with Crippen molar-refractivity contribution in [1.82, 2.24) is 15.2 Å².